The number of halogens is 1. The van der Waals surface area contributed by atoms with E-state index in [9.17, 15) is 24.4 Å². The zero-order valence-electron chi connectivity index (χ0n) is 40.3. The summed E-state index contributed by atoms with van der Waals surface area (Å²) in [6.07, 6.45) is 14.3. The van der Waals surface area contributed by atoms with Crippen LogP contribution in [0.3, 0.4) is 0 Å². The van der Waals surface area contributed by atoms with Crippen molar-refractivity contribution >= 4 is 47.5 Å². The number of imide groups is 1. The molecule has 5 saturated heterocycles. The van der Waals surface area contributed by atoms with Gasteiger partial charge < -0.3 is 29.7 Å². The molecule has 14 nitrogen and oxygen atoms in total. The van der Waals surface area contributed by atoms with Gasteiger partial charge in [-0.3, -0.25) is 34.4 Å². The number of aldehydes is 1. The van der Waals surface area contributed by atoms with Gasteiger partial charge in [-0.15, -0.1) is 0 Å². The van der Waals surface area contributed by atoms with Crippen molar-refractivity contribution in [3.8, 4) is 11.8 Å². The van der Waals surface area contributed by atoms with Crippen molar-refractivity contribution < 1.29 is 23.9 Å². The van der Waals surface area contributed by atoms with E-state index >= 15 is 0 Å². The van der Waals surface area contributed by atoms with Crippen molar-refractivity contribution in [2.75, 3.05) is 70.9 Å². The number of piperidine rings is 5. The molecule has 2 atom stereocenters. The second kappa shape index (κ2) is 20.8. The van der Waals surface area contributed by atoms with Crippen LogP contribution in [0.2, 0.25) is 5.02 Å². The predicted molar refractivity (Wildman–Crippen MR) is 268 cm³/mol. The van der Waals surface area contributed by atoms with Gasteiger partial charge in [0.25, 0.3) is 5.91 Å². The first kappa shape index (κ1) is 48.4. The van der Waals surface area contributed by atoms with Gasteiger partial charge in [-0.25, -0.2) is 0 Å². The van der Waals surface area contributed by atoms with Crippen LogP contribution in [-0.4, -0.2) is 140 Å². The number of ether oxygens (including phenoxy) is 1. The van der Waals surface area contributed by atoms with Gasteiger partial charge in [-0.2, -0.15) is 5.26 Å². The van der Waals surface area contributed by atoms with Crippen LogP contribution in [0.25, 0.3) is 0 Å². The highest BCUT2D eigenvalue weighted by molar-refractivity contribution is 6.30. The molecule has 5 fully saturated rings. The number of carbonyl (C=O) groups is 4. The number of nitrogens with one attached hydrogen (secondary N) is 2. The van der Waals surface area contributed by atoms with E-state index < -0.39 is 17.9 Å². The fourth-order valence-electron chi connectivity index (χ4n) is 11.8. The highest BCUT2D eigenvalue weighted by Crippen LogP contribution is 2.43. The molecule has 69 heavy (non-hydrogen) atoms. The highest BCUT2D eigenvalue weighted by atomic mass is 35.5. The number of carbonyl (C=O) groups excluding carboxylic acids is 4. The summed E-state index contributed by atoms with van der Waals surface area (Å²) in [4.78, 5) is 66.4. The predicted octanol–water partition coefficient (Wildman–Crippen LogP) is 6.76. The van der Waals surface area contributed by atoms with E-state index in [0.29, 0.717) is 34.8 Å². The number of nitrogens with zero attached hydrogens (tertiary/aromatic N) is 7. The van der Waals surface area contributed by atoms with Crippen LogP contribution in [0.5, 0.6) is 5.75 Å². The molecule has 0 aromatic heterocycles. The molecule has 364 valence electrons. The summed E-state index contributed by atoms with van der Waals surface area (Å²) in [6, 6.07) is 21.9. The quantitative estimate of drug-likeness (QED) is 0.146. The van der Waals surface area contributed by atoms with Gasteiger partial charge in [0.15, 0.2) is 12.6 Å². The van der Waals surface area contributed by atoms with Gasteiger partial charge in [0.05, 0.1) is 22.9 Å². The number of likely N-dealkylation sites (N-methyl/N-ethyl adjacent to an activating group) is 1. The topological polar surface area (TPSA) is 154 Å². The summed E-state index contributed by atoms with van der Waals surface area (Å²) >= 11 is 6.33. The number of anilines is 1. The second-order valence-electron chi connectivity index (χ2n) is 20.7. The molecule has 2 N–H and O–H groups in total. The molecule has 15 heteroatoms. The van der Waals surface area contributed by atoms with Gasteiger partial charge in [0.1, 0.15) is 18.4 Å². The fourth-order valence-corrected chi connectivity index (χ4v) is 12.0. The number of allylic oxidation sites excluding steroid dienone is 1. The molecule has 2 unspecified atom stereocenters. The molecular weight excluding hydrogens is 890 g/mol. The Morgan fingerprint density at radius 3 is 2.28 bits per heavy atom. The van der Waals surface area contributed by atoms with Crippen LogP contribution in [0.1, 0.15) is 115 Å². The lowest BCUT2D eigenvalue weighted by Gasteiger charge is -2.51. The smallest absolute Gasteiger partial charge is 0.255 e. The standard InChI is InChI=1S/C54H66ClN9O5/c1-53(2,40-29-37(33-56)30-41(55)32-40)39-5-8-46(9-6-39)69-35-42-13-21-57-52(58-42)63-25-16-43(17-26-63)61-23-14-44(15-24-61)62-27-19-54(20-28-62)18-4-22-64(36-54)45-7-10-47(38(31-45)34-65)51(68)60(3)48-11-12-49(66)59-50(48)67/h5-10,13,21,29-32,34,43-44,48,52,58H,4,11-12,14-20,22-28,35-36H2,1-3H3,(H,59,66,67). The monoisotopic (exact) mass is 955 g/mol. The Hall–Kier alpha value is -5.59. The maximum absolute atomic E-state index is 13.5. The molecule has 1 spiro atoms. The van der Waals surface area contributed by atoms with Gasteiger partial charge in [0.2, 0.25) is 11.8 Å². The van der Waals surface area contributed by atoms with Crippen LogP contribution in [-0.2, 0) is 15.0 Å². The third-order valence-electron chi connectivity index (χ3n) is 16.2. The van der Waals surface area contributed by atoms with Gasteiger partial charge in [-0.1, -0.05) is 37.6 Å². The van der Waals surface area contributed by atoms with Crippen molar-refractivity contribution in [2.45, 2.75) is 108 Å². The van der Waals surface area contributed by atoms with E-state index in [-0.39, 0.29) is 41.4 Å². The molecule has 0 bridgehead atoms. The summed E-state index contributed by atoms with van der Waals surface area (Å²) in [5.74, 6) is -0.425. The van der Waals surface area contributed by atoms with Crippen molar-refractivity contribution in [2.24, 2.45) is 10.4 Å². The number of nitriles is 1. The zero-order chi connectivity index (χ0) is 48.3. The van der Waals surface area contributed by atoms with Gasteiger partial charge in [0, 0.05) is 79.6 Å². The van der Waals surface area contributed by atoms with Gasteiger partial charge >= 0.3 is 0 Å². The average molecular weight is 957 g/mol. The Bertz CT molecular complexity index is 2500. The van der Waals surface area contributed by atoms with Crippen LogP contribution < -0.4 is 20.3 Å². The third kappa shape index (κ3) is 10.8. The molecular formula is C54H66ClN9O5. The van der Waals surface area contributed by atoms with Crippen molar-refractivity contribution in [1.29, 1.82) is 5.26 Å². The Kier molecular flexibility index (Phi) is 14.6. The van der Waals surface area contributed by atoms with Crippen LogP contribution in [0.4, 0.5) is 5.69 Å². The SMILES string of the molecule is CN(C(=O)c1ccc(N2CCCC3(CCN(C4CCN(C5CCN(C6N=CC=C(COc7ccc(C(C)(C)c8cc(Cl)cc(C#N)c8)cc7)N6)CC5)CC4)CC3)C2)cc1C=O)C1CCC(=O)NC1=O. The van der Waals surface area contributed by atoms with E-state index in [1.807, 2.05) is 48.7 Å². The summed E-state index contributed by atoms with van der Waals surface area (Å²) in [7, 11) is 1.56. The molecule has 6 aliphatic rings. The number of benzene rings is 3. The lowest BCUT2D eigenvalue weighted by Crippen LogP contribution is -2.56. The van der Waals surface area contributed by atoms with Crippen LogP contribution >= 0.6 is 11.6 Å². The Morgan fingerprint density at radius 2 is 1.59 bits per heavy atom. The summed E-state index contributed by atoms with van der Waals surface area (Å²) < 4.78 is 6.23. The third-order valence-corrected chi connectivity index (χ3v) is 16.4. The van der Waals surface area contributed by atoms with E-state index in [1.165, 1.54) is 37.0 Å². The number of amides is 3. The number of hydrogen-bond donors (Lipinski definition) is 2. The maximum Gasteiger partial charge on any atom is 0.255 e. The van der Waals surface area contributed by atoms with Crippen LogP contribution in [0.15, 0.2) is 77.4 Å². The van der Waals surface area contributed by atoms with Crippen molar-refractivity contribution in [3.05, 3.63) is 105 Å². The highest BCUT2D eigenvalue weighted by Gasteiger charge is 2.41. The van der Waals surface area contributed by atoms with Crippen molar-refractivity contribution in [3.63, 3.8) is 0 Å². The molecule has 0 aliphatic carbocycles. The first-order valence-corrected chi connectivity index (χ1v) is 25.3. The average Bonchev–Trinajstić information content (AvgIpc) is 3.38. The molecule has 3 aromatic carbocycles. The molecule has 0 saturated carbocycles. The summed E-state index contributed by atoms with van der Waals surface area (Å²) in [6.45, 7) is 13.1. The normalized spacial score (nSPS) is 23.2. The zero-order valence-corrected chi connectivity index (χ0v) is 41.1. The molecule has 0 radical (unpaired) electrons. The fraction of sp³-hybridized carbons (Fsp3) is 0.519. The molecule has 6 aliphatic heterocycles. The lowest BCUT2D eigenvalue weighted by molar-refractivity contribution is -0.136. The molecule has 6 heterocycles. The van der Waals surface area contributed by atoms with E-state index in [2.05, 4.69) is 62.3 Å². The molecule has 3 aromatic rings. The number of likely N-dealkylation sites (tertiary alicyclic amines) is 3. The second-order valence-corrected chi connectivity index (χ2v) is 21.1. The summed E-state index contributed by atoms with van der Waals surface area (Å²) in [5.41, 5.74) is 5.10. The molecule has 9 rings (SSSR count). The summed E-state index contributed by atoms with van der Waals surface area (Å²) in [5, 5.41) is 15.9. The minimum Gasteiger partial charge on any atom is -0.487 e. The van der Waals surface area contributed by atoms with E-state index in [1.54, 1.807) is 19.2 Å². The minimum absolute atomic E-state index is 0.0936. The van der Waals surface area contributed by atoms with E-state index in [0.717, 1.165) is 106 Å². The first-order chi connectivity index (χ1) is 33.3. The van der Waals surface area contributed by atoms with Gasteiger partial charge in [-0.05, 0) is 155 Å². The maximum atomic E-state index is 13.5. The first-order valence-electron chi connectivity index (χ1n) is 24.9. The van der Waals surface area contributed by atoms with Crippen LogP contribution in [0, 0.1) is 16.7 Å². The Morgan fingerprint density at radius 1 is 0.899 bits per heavy atom. The largest absolute Gasteiger partial charge is 0.487 e. The Labute approximate surface area is 411 Å². The van der Waals surface area contributed by atoms with E-state index in [4.69, 9.17) is 21.3 Å². The number of rotatable bonds is 12. The minimum atomic E-state index is -0.748. The Balaban J connectivity index is 0.696. The molecule has 3 amide bonds. The van der Waals surface area contributed by atoms with Crippen molar-refractivity contribution in [1.82, 2.24) is 30.2 Å². The number of aliphatic imine (C=N–C) groups is 1. The number of hydrogen-bond acceptors (Lipinski definition) is 12. The lowest BCUT2D eigenvalue weighted by atomic mass is 9.72.